The van der Waals surface area contributed by atoms with Crippen LogP contribution in [0.4, 0.5) is 0 Å². The Bertz CT molecular complexity index is 1190. The lowest BCUT2D eigenvalue weighted by molar-refractivity contribution is 0.0448. The smallest absolute Gasteiger partial charge is 0.0956 e. The van der Waals surface area contributed by atoms with Crippen molar-refractivity contribution in [3.8, 4) is 0 Å². The van der Waals surface area contributed by atoms with E-state index in [2.05, 4.69) is 22.8 Å². The summed E-state index contributed by atoms with van der Waals surface area (Å²) in [5.74, 6) is 7.28. The quantitative estimate of drug-likeness (QED) is 0.456. The molecule has 178 valence electrons. The van der Waals surface area contributed by atoms with Crippen molar-refractivity contribution >= 4 is 28.9 Å². The van der Waals surface area contributed by atoms with Crippen molar-refractivity contribution in [3.05, 3.63) is 34.1 Å². The zero-order chi connectivity index (χ0) is 23.3. The van der Waals surface area contributed by atoms with Gasteiger partial charge in [0.05, 0.1) is 22.3 Å². The van der Waals surface area contributed by atoms with Gasteiger partial charge in [-0.25, -0.2) is 5.84 Å². The zero-order valence-corrected chi connectivity index (χ0v) is 20.1. The van der Waals surface area contributed by atoms with Gasteiger partial charge in [-0.05, 0) is 57.9 Å². The van der Waals surface area contributed by atoms with Gasteiger partial charge in [0.25, 0.3) is 0 Å². The Morgan fingerprint density at radius 2 is 2.00 bits per heavy atom. The van der Waals surface area contributed by atoms with Crippen LogP contribution in [0.1, 0.15) is 51.5 Å². The second-order valence-electron chi connectivity index (χ2n) is 10.6. The van der Waals surface area contributed by atoms with Crippen molar-refractivity contribution in [2.45, 2.75) is 58.1 Å². The minimum absolute atomic E-state index is 0.0679. The fraction of sp³-hybridized carbons (Fsp3) is 0.577. The molecular weight excluding hydrogens is 414 g/mol. The number of aliphatic hydroxyl groups is 1. The number of allylic oxidation sites excluding steroid dienone is 1. The van der Waals surface area contributed by atoms with E-state index in [0.29, 0.717) is 11.8 Å². The standard InChI is InChI=1S/C26H37N5O2/c1-26(2,32)19-6-7-20-21(13-19)31(15-16-8-10-33-11-9-16)22-12-18(14-29-24(20)22)25(30(3)28)23(27)17-4-5-17/h7,12-14,16-17,19,32H,4-6,8-11,15,27-28H2,1-3H3/b25-23-. The predicted molar refractivity (Wildman–Crippen MR) is 132 cm³/mol. The summed E-state index contributed by atoms with van der Waals surface area (Å²) in [6.45, 7) is 6.34. The molecule has 0 radical (unpaired) electrons. The van der Waals surface area contributed by atoms with Crippen LogP contribution in [0.5, 0.6) is 0 Å². The molecule has 1 saturated heterocycles. The van der Waals surface area contributed by atoms with Crippen molar-refractivity contribution in [1.82, 2.24) is 14.6 Å². The SMILES string of the molecule is CN(N)/C(=C(\N)C1CC1)c1cnc2c3c(n(CC4CCOCC4)c2c1)=CC(C(C)(C)O)CC=3. The molecule has 2 aromatic heterocycles. The van der Waals surface area contributed by atoms with Crippen LogP contribution in [0.15, 0.2) is 18.0 Å². The van der Waals surface area contributed by atoms with E-state index in [1.54, 1.807) is 5.01 Å². The van der Waals surface area contributed by atoms with E-state index in [1.807, 2.05) is 27.1 Å². The summed E-state index contributed by atoms with van der Waals surface area (Å²) >= 11 is 0. The lowest BCUT2D eigenvalue weighted by Crippen LogP contribution is -2.40. The lowest BCUT2D eigenvalue weighted by Gasteiger charge is -2.27. The van der Waals surface area contributed by atoms with Crippen LogP contribution in [-0.2, 0) is 11.3 Å². The van der Waals surface area contributed by atoms with Crippen molar-refractivity contribution in [2.75, 3.05) is 20.3 Å². The van der Waals surface area contributed by atoms with Crippen molar-refractivity contribution in [2.24, 2.45) is 29.3 Å². The van der Waals surface area contributed by atoms with Crippen LogP contribution >= 0.6 is 0 Å². The highest BCUT2D eigenvalue weighted by Crippen LogP contribution is 2.38. The van der Waals surface area contributed by atoms with Gasteiger partial charge in [0.15, 0.2) is 0 Å². The number of hydrogen-bond acceptors (Lipinski definition) is 6. The average Bonchev–Trinajstić information content (AvgIpc) is 3.59. The van der Waals surface area contributed by atoms with E-state index in [4.69, 9.17) is 21.3 Å². The molecular formula is C26H37N5O2. The van der Waals surface area contributed by atoms with Gasteiger partial charge in [-0.2, -0.15) is 0 Å². The molecule has 0 spiro atoms. The van der Waals surface area contributed by atoms with E-state index in [0.717, 1.165) is 79.9 Å². The van der Waals surface area contributed by atoms with E-state index in [9.17, 15) is 5.11 Å². The molecule has 33 heavy (non-hydrogen) atoms. The van der Waals surface area contributed by atoms with Crippen molar-refractivity contribution in [3.63, 3.8) is 0 Å². The van der Waals surface area contributed by atoms with Gasteiger partial charge < -0.3 is 25.2 Å². The molecule has 1 aliphatic heterocycles. The number of nitrogens with zero attached hydrogens (tertiary/aromatic N) is 3. The maximum absolute atomic E-state index is 10.7. The minimum atomic E-state index is -0.774. The highest BCUT2D eigenvalue weighted by molar-refractivity contribution is 5.83. The van der Waals surface area contributed by atoms with E-state index >= 15 is 0 Å². The molecule has 1 unspecified atom stereocenters. The number of fused-ring (bicyclic) bond motifs is 3. The first-order chi connectivity index (χ1) is 15.7. The summed E-state index contributed by atoms with van der Waals surface area (Å²) in [5.41, 5.74) is 10.5. The average molecular weight is 452 g/mol. The molecule has 2 aliphatic carbocycles. The van der Waals surface area contributed by atoms with Crippen LogP contribution in [-0.4, -0.2) is 45.5 Å². The molecule has 1 atom stereocenters. The zero-order valence-electron chi connectivity index (χ0n) is 20.1. The van der Waals surface area contributed by atoms with Crippen LogP contribution in [0.3, 0.4) is 0 Å². The first-order valence-electron chi connectivity index (χ1n) is 12.2. The summed E-state index contributed by atoms with van der Waals surface area (Å²) in [6.07, 6.45) is 11.6. The molecule has 0 amide bonds. The predicted octanol–water partition coefficient (Wildman–Crippen LogP) is 1.66. The second-order valence-corrected chi connectivity index (χ2v) is 10.6. The Labute approximate surface area is 195 Å². The number of ether oxygens (including phenoxy) is 1. The third kappa shape index (κ3) is 4.29. The van der Waals surface area contributed by atoms with Crippen LogP contribution in [0.2, 0.25) is 0 Å². The molecule has 7 nitrogen and oxygen atoms in total. The third-order valence-electron chi connectivity index (χ3n) is 7.52. The molecule has 3 aliphatic rings. The number of hydrogen-bond donors (Lipinski definition) is 3. The summed E-state index contributed by atoms with van der Waals surface area (Å²) in [4.78, 5) is 4.93. The van der Waals surface area contributed by atoms with Gasteiger partial charge in [-0.15, -0.1) is 0 Å². The molecule has 2 fully saturated rings. The van der Waals surface area contributed by atoms with Crippen molar-refractivity contribution in [1.29, 1.82) is 0 Å². The summed E-state index contributed by atoms with van der Waals surface area (Å²) in [7, 11) is 1.84. The summed E-state index contributed by atoms with van der Waals surface area (Å²) in [5, 5.41) is 14.7. The Hall–Kier alpha value is -2.35. The second kappa shape index (κ2) is 8.46. The third-order valence-corrected chi connectivity index (χ3v) is 7.52. The number of nitrogens with two attached hydrogens (primary N) is 2. The number of aromatic nitrogens is 2. The van der Waals surface area contributed by atoms with Crippen LogP contribution in [0, 0.1) is 17.8 Å². The Morgan fingerprint density at radius 1 is 1.27 bits per heavy atom. The molecule has 0 bridgehead atoms. The maximum atomic E-state index is 10.7. The van der Waals surface area contributed by atoms with Gasteiger partial charge >= 0.3 is 0 Å². The molecule has 5 N–H and O–H groups in total. The first-order valence-corrected chi connectivity index (χ1v) is 12.2. The lowest BCUT2D eigenvalue weighted by atomic mass is 9.85. The van der Waals surface area contributed by atoms with E-state index < -0.39 is 5.60 Å². The highest BCUT2D eigenvalue weighted by Gasteiger charge is 2.30. The molecule has 2 aromatic rings. The van der Waals surface area contributed by atoms with Crippen molar-refractivity contribution < 1.29 is 9.84 Å². The molecule has 1 saturated carbocycles. The number of pyridine rings is 1. The minimum Gasteiger partial charge on any atom is -0.400 e. The largest absolute Gasteiger partial charge is 0.400 e. The van der Waals surface area contributed by atoms with Gasteiger partial charge in [0, 0.05) is 66.7 Å². The molecule has 3 heterocycles. The fourth-order valence-electron chi connectivity index (χ4n) is 5.31. The van der Waals surface area contributed by atoms with Crippen LogP contribution in [0.25, 0.3) is 28.9 Å². The monoisotopic (exact) mass is 451 g/mol. The Morgan fingerprint density at radius 3 is 2.64 bits per heavy atom. The number of rotatable bonds is 6. The summed E-state index contributed by atoms with van der Waals surface area (Å²) in [6, 6.07) is 2.20. The van der Waals surface area contributed by atoms with Gasteiger partial charge in [0.1, 0.15) is 0 Å². The van der Waals surface area contributed by atoms with Crippen LogP contribution < -0.4 is 22.1 Å². The topological polar surface area (TPSA) is 103 Å². The van der Waals surface area contributed by atoms with E-state index in [-0.39, 0.29) is 5.92 Å². The summed E-state index contributed by atoms with van der Waals surface area (Å²) < 4.78 is 8.01. The van der Waals surface area contributed by atoms with Gasteiger partial charge in [-0.1, -0.05) is 12.2 Å². The highest BCUT2D eigenvalue weighted by atomic mass is 16.5. The number of hydrazine groups is 1. The normalized spacial score (nSPS) is 22.4. The maximum Gasteiger partial charge on any atom is 0.0956 e. The molecule has 5 rings (SSSR count). The van der Waals surface area contributed by atoms with E-state index in [1.165, 1.54) is 10.6 Å². The first kappa shape index (κ1) is 22.4. The van der Waals surface area contributed by atoms with Gasteiger partial charge in [0.2, 0.25) is 0 Å². The van der Waals surface area contributed by atoms with Gasteiger partial charge in [-0.3, -0.25) is 4.98 Å². The fourth-order valence-corrected chi connectivity index (χ4v) is 5.31. The molecule has 0 aromatic carbocycles. The molecule has 7 heteroatoms. The Balaban J connectivity index is 1.69. The Kier molecular flexibility index (Phi) is 5.75.